The molecule has 240 valence electrons. The van der Waals surface area contributed by atoms with Gasteiger partial charge in [0.2, 0.25) is 0 Å². The van der Waals surface area contributed by atoms with Gasteiger partial charge in [0.25, 0.3) is 0 Å². The van der Waals surface area contributed by atoms with Crippen LogP contribution in [0.4, 0.5) is 14.6 Å². The average Bonchev–Trinajstić information content (AvgIpc) is 3.31. The smallest absolute Gasteiger partial charge is 0.319 e. The van der Waals surface area contributed by atoms with E-state index in [4.69, 9.17) is 19.4 Å². The predicted octanol–water partition coefficient (Wildman–Crippen LogP) is 5.57. The van der Waals surface area contributed by atoms with E-state index in [9.17, 15) is 9.50 Å². The van der Waals surface area contributed by atoms with E-state index in [1.807, 2.05) is 13.0 Å². The number of aromatic hydroxyl groups is 1. The lowest BCUT2D eigenvalue weighted by atomic mass is 9.92. The molecule has 0 spiro atoms. The van der Waals surface area contributed by atoms with Gasteiger partial charge in [0.05, 0.1) is 19.3 Å². The van der Waals surface area contributed by atoms with Crippen LogP contribution in [0.1, 0.15) is 44.6 Å². The largest absolute Gasteiger partial charge is 0.508 e. The van der Waals surface area contributed by atoms with Crippen LogP contribution in [0.15, 0.2) is 36.4 Å². The highest BCUT2D eigenvalue weighted by Gasteiger charge is 2.49. The second-order valence-corrected chi connectivity index (χ2v) is 14.2. The van der Waals surface area contributed by atoms with Crippen LogP contribution in [0, 0.1) is 17.0 Å². The van der Waals surface area contributed by atoms with Gasteiger partial charge in [0.15, 0.2) is 5.82 Å². The number of halogens is 2. The molecule has 2 unspecified atom stereocenters. The Bertz CT molecular complexity index is 1850. The maximum absolute atomic E-state index is 16.9. The van der Waals surface area contributed by atoms with Gasteiger partial charge < -0.3 is 24.8 Å². The molecule has 5 heterocycles. The van der Waals surface area contributed by atoms with Crippen LogP contribution in [0.2, 0.25) is 0 Å². The summed E-state index contributed by atoms with van der Waals surface area (Å²) in [6.45, 7) is 6.69. The molecule has 3 aromatic carbocycles. The van der Waals surface area contributed by atoms with E-state index in [2.05, 4.69) is 15.1 Å². The number of morpholine rings is 1. The second-order valence-electron chi connectivity index (χ2n) is 14.2. The predicted molar refractivity (Wildman–Crippen MR) is 172 cm³/mol. The van der Waals surface area contributed by atoms with Crippen molar-refractivity contribution in [1.29, 1.82) is 0 Å². The first-order chi connectivity index (χ1) is 22.4. The Morgan fingerprint density at radius 1 is 1.04 bits per heavy atom. The molecule has 4 atom stereocenters. The summed E-state index contributed by atoms with van der Waals surface area (Å²) < 4.78 is 44.1. The molecule has 4 aliphatic heterocycles. The first kappa shape index (κ1) is 28.6. The Morgan fingerprint density at radius 2 is 1.87 bits per heavy atom. The number of rotatable bonds is 8. The van der Waals surface area contributed by atoms with Gasteiger partial charge in [-0.1, -0.05) is 19.1 Å². The van der Waals surface area contributed by atoms with Crippen molar-refractivity contribution in [3.05, 3.63) is 53.6 Å². The third-order valence-corrected chi connectivity index (χ3v) is 11.1. The van der Waals surface area contributed by atoms with Crippen molar-refractivity contribution >= 4 is 27.5 Å². The first-order valence-electron chi connectivity index (χ1n) is 16.8. The lowest BCUT2D eigenvalue weighted by molar-refractivity contribution is 0.0176. The molecule has 8 nitrogen and oxygen atoms in total. The minimum absolute atomic E-state index is 0.00753. The molecule has 1 aromatic heterocycles. The molecule has 1 aliphatic carbocycles. The van der Waals surface area contributed by atoms with E-state index < -0.39 is 5.82 Å². The van der Waals surface area contributed by atoms with Gasteiger partial charge in [-0.05, 0) is 84.7 Å². The van der Waals surface area contributed by atoms with Crippen LogP contribution >= 0.6 is 0 Å². The first-order valence-corrected chi connectivity index (χ1v) is 16.8. The van der Waals surface area contributed by atoms with Crippen molar-refractivity contribution < 1.29 is 23.4 Å². The van der Waals surface area contributed by atoms with Gasteiger partial charge in [-0.2, -0.15) is 9.97 Å². The molecular formula is C36H39F2N5O3. The van der Waals surface area contributed by atoms with Gasteiger partial charge >= 0.3 is 6.01 Å². The Kier molecular flexibility index (Phi) is 6.67. The van der Waals surface area contributed by atoms with Crippen molar-refractivity contribution in [1.82, 2.24) is 20.2 Å². The maximum atomic E-state index is 16.9. The zero-order valence-corrected chi connectivity index (χ0v) is 26.1. The van der Waals surface area contributed by atoms with Crippen LogP contribution in [0.3, 0.4) is 0 Å². The number of phenols is 1. The molecule has 5 fully saturated rings. The van der Waals surface area contributed by atoms with Gasteiger partial charge in [-0.3, -0.25) is 4.90 Å². The number of nitrogens with zero attached hydrogens (tertiary/aromatic N) is 4. The summed E-state index contributed by atoms with van der Waals surface area (Å²) in [5.41, 5.74) is 1.42. The second kappa shape index (κ2) is 10.7. The van der Waals surface area contributed by atoms with Gasteiger partial charge in [0.1, 0.15) is 22.9 Å². The summed E-state index contributed by atoms with van der Waals surface area (Å²) in [6.07, 6.45) is 6.29. The Balaban J connectivity index is 1.12. The maximum Gasteiger partial charge on any atom is 0.319 e. The van der Waals surface area contributed by atoms with E-state index in [1.54, 1.807) is 18.2 Å². The normalized spacial score (nSPS) is 26.5. The number of benzene rings is 3. The number of fused-ring (bicyclic) bond motifs is 6. The molecule has 1 saturated carbocycles. The Hall–Kier alpha value is -3.60. The number of aromatic nitrogens is 2. The van der Waals surface area contributed by atoms with Gasteiger partial charge in [0, 0.05) is 60.7 Å². The average molecular weight is 628 g/mol. The summed E-state index contributed by atoms with van der Waals surface area (Å²) in [6, 6.07) is 11.1. The zero-order valence-electron chi connectivity index (χ0n) is 26.1. The molecule has 4 saturated heterocycles. The highest BCUT2D eigenvalue weighted by atomic mass is 19.1. The van der Waals surface area contributed by atoms with Crippen molar-refractivity contribution in [2.75, 3.05) is 44.3 Å². The minimum Gasteiger partial charge on any atom is -0.508 e. The van der Waals surface area contributed by atoms with E-state index >= 15 is 4.39 Å². The molecule has 9 rings (SSSR count). The standard InChI is InChI=1S/C36H39F2N5O3/c1-2-26-30(37)8-3-20-11-24(44)13-29(31(20)26)27-6-7-28-33(32(27)38)40-35(41-34(28)42-14-21-4-5-22(15-42)39-21)46-19-36(9-10-36)18-43-16-25-12-23(43)17-45-25/h3,6-8,11,13,21-23,25,39,44H,2,4-5,9-10,12,14-19H2,1H3/t21?,22?,23-,25-/m0/s1. The van der Waals surface area contributed by atoms with E-state index in [1.165, 1.54) is 12.1 Å². The third kappa shape index (κ3) is 4.79. The van der Waals surface area contributed by atoms with Crippen LogP contribution in [-0.4, -0.2) is 83.6 Å². The zero-order chi connectivity index (χ0) is 31.2. The summed E-state index contributed by atoms with van der Waals surface area (Å²) in [4.78, 5) is 14.5. The lowest BCUT2D eigenvalue weighted by Crippen LogP contribution is -2.51. The van der Waals surface area contributed by atoms with E-state index in [0.29, 0.717) is 70.4 Å². The molecule has 4 bridgehead atoms. The van der Waals surface area contributed by atoms with Gasteiger partial charge in [-0.15, -0.1) is 0 Å². The highest BCUT2D eigenvalue weighted by Crippen LogP contribution is 2.48. The van der Waals surface area contributed by atoms with E-state index in [-0.39, 0.29) is 34.1 Å². The molecule has 2 N–H and O–H groups in total. The fourth-order valence-corrected chi connectivity index (χ4v) is 8.51. The summed E-state index contributed by atoms with van der Waals surface area (Å²) >= 11 is 0. The van der Waals surface area contributed by atoms with Crippen molar-refractivity contribution in [3.63, 3.8) is 0 Å². The third-order valence-electron chi connectivity index (χ3n) is 11.1. The molecule has 10 heteroatoms. The van der Waals surface area contributed by atoms with Crippen molar-refractivity contribution in [3.8, 4) is 22.9 Å². The molecule has 4 aromatic rings. The van der Waals surface area contributed by atoms with E-state index in [0.717, 1.165) is 64.9 Å². The van der Waals surface area contributed by atoms with Crippen LogP contribution in [0.25, 0.3) is 32.8 Å². The number of piperazine rings is 1. The molecule has 5 aliphatic rings. The number of hydrogen-bond acceptors (Lipinski definition) is 8. The Morgan fingerprint density at radius 3 is 2.59 bits per heavy atom. The number of ether oxygens (including phenoxy) is 2. The minimum atomic E-state index is -0.531. The molecule has 0 radical (unpaired) electrons. The number of anilines is 1. The van der Waals surface area contributed by atoms with Gasteiger partial charge in [-0.25, -0.2) is 8.78 Å². The summed E-state index contributed by atoms with van der Waals surface area (Å²) in [7, 11) is 0. The van der Waals surface area contributed by atoms with Crippen molar-refractivity contribution in [2.45, 2.75) is 69.7 Å². The summed E-state index contributed by atoms with van der Waals surface area (Å²) in [5, 5.41) is 16.2. The number of nitrogens with one attached hydrogen (secondary N) is 1. The topological polar surface area (TPSA) is 83.0 Å². The van der Waals surface area contributed by atoms with Crippen LogP contribution < -0.4 is 15.0 Å². The summed E-state index contributed by atoms with van der Waals surface area (Å²) in [5.74, 6) is -0.202. The van der Waals surface area contributed by atoms with Crippen molar-refractivity contribution in [2.24, 2.45) is 5.41 Å². The molecule has 46 heavy (non-hydrogen) atoms. The monoisotopic (exact) mass is 627 g/mol. The number of aryl methyl sites for hydroxylation is 1. The highest BCUT2D eigenvalue weighted by molar-refractivity contribution is 6.03. The number of likely N-dealkylation sites (tertiary alicyclic amines) is 1. The fraction of sp³-hybridized carbons (Fsp3) is 0.500. The molecular weight excluding hydrogens is 588 g/mol. The quantitative estimate of drug-likeness (QED) is 0.263. The number of phenolic OH excluding ortho intramolecular Hbond substituents is 1. The number of hydrogen-bond donors (Lipinski definition) is 2. The van der Waals surface area contributed by atoms with Crippen LogP contribution in [0.5, 0.6) is 11.8 Å². The molecule has 0 amide bonds. The SMILES string of the molecule is CCc1c(F)ccc2cc(O)cc(-c3ccc4c(N5CC6CCC(C5)N6)nc(OCC5(CN6C[C@@H]7C[C@H]6CO7)CC5)nc4c3F)c12. The Labute approximate surface area is 266 Å². The van der Waals surface area contributed by atoms with Crippen LogP contribution in [-0.2, 0) is 11.2 Å². The lowest BCUT2D eigenvalue weighted by Gasteiger charge is -2.34. The fourth-order valence-electron chi connectivity index (χ4n) is 8.51.